The number of benzene rings is 4. The van der Waals surface area contributed by atoms with Gasteiger partial charge in [0.2, 0.25) is 11.8 Å². The zero-order valence-corrected chi connectivity index (χ0v) is 31.1. The minimum Gasteiger partial charge on any atom is -0.392 e. The lowest BCUT2D eigenvalue weighted by Gasteiger charge is -2.41. The van der Waals surface area contributed by atoms with Crippen LogP contribution in [0.25, 0.3) is 11.1 Å². The van der Waals surface area contributed by atoms with E-state index in [0.717, 1.165) is 98.3 Å². The van der Waals surface area contributed by atoms with Crippen LogP contribution in [-0.4, -0.2) is 70.8 Å². The number of rotatable bonds is 17. The maximum Gasteiger partial charge on any atom is 0.243 e. The summed E-state index contributed by atoms with van der Waals surface area (Å²) in [5.74, 6) is -0.372. The molecule has 4 N–H and O–H groups in total. The number of aliphatic hydroxyl groups is 1. The second kappa shape index (κ2) is 20.3. The number of amides is 2. The van der Waals surface area contributed by atoms with Crippen LogP contribution < -0.4 is 10.8 Å². The van der Waals surface area contributed by atoms with Gasteiger partial charge in [0.25, 0.3) is 0 Å². The van der Waals surface area contributed by atoms with E-state index in [0.29, 0.717) is 19.4 Å². The number of nitrogens with zero attached hydrogens (tertiary/aromatic N) is 2. The first-order chi connectivity index (χ1) is 26.4. The molecule has 0 radical (unpaired) electrons. The number of carbonyl (C=O) groups excluding carboxylic acids is 2. The van der Waals surface area contributed by atoms with E-state index in [9.17, 15) is 14.7 Å². The maximum absolute atomic E-state index is 12.5. The largest absolute Gasteiger partial charge is 0.392 e. The molecule has 0 aliphatic carbocycles. The molecule has 0 unspecified atom stereocenters. The van der Waals surface area contributed by atoms with E-state index in [1.165, 1.54) is 5.56 Å². The molecule has 6 rings (SSSR count). The molecular weight excluding hydrogens is 681 g/mol. The lowest BCUT2D eigenvalue weighted by Crippen LogP contribution is -2.49. The van der Waals surface area contributed by atoms with Gasteiger partial charge in [-0.3, -0.25) is 24.6 Å². The minimum atomic E-state index is -0.542. The van der Waals surface area contributed by atoms with Gasteiger partial charge in [0, 0.05) is 70.6 Å². The van der Waals surface area contributed by atoms with E-state index in [1.807, 2.05) is 30.3 Å². The Morgan fingerprint density at radius 2 is 1.33 bits per heavy atom. The molecule has 286 valence electrons. The molecule has 4 aromatic rings. The lowest BCUT2D eigenvalue weighted by molar-refractivity contribution is -0.253. The highest BCUT2D eigenvalue weighted by atomic mass is 16.7. The van der Waals surface area contributed by atoms with Crippen molar-refractivity contribution in [3.63, 3.8) is 0 Å². The first kappa shape index (κ1) is 39.3. The van der Waals surface area contributed by atoms with E-state index >= 15 is 0 Å². The monoisotopic (exact) mass is 734 g/mol. The fourth-order valence-corrected chi connectivity index (χ4v) is 7.29. The number of carbonyl (C=O) groups is 2. The number of ether oxygens (including phenoxy) is 2. The molecule has 10 nitrogen and oxygen atoms in total. The van der Waals surface area contributed by atoms with Crippen LogP contribution in [-0.2, 0) is 38.8 Å². The lowest BCUT2D eigenvalue weighted by atomic mass is 9.98. The number of piperazine rings is 1. The number of hydrogen-bond donors (Lipinski definition) is 4. The van der Waals surface area contributed by atoms with E-state index in [-0.39, 0.29) is 37.0 Å². The normalized spacial score (nSPS) is 19.3. The highest BCUT2D eigenvalue weighted by Gasteiger charge is 2.34. The van der Waals surface area contributed by atoms with Crippen molar-refractivity contribution in [2.75, 3.05) is 32.7 Å². The summed E-state index contributed by atoms with van der Waals surface area (Å²) in [5, 5.41) is 21.3. The van der Waals surface area contributed by atoms with Crippen molar-refractivity contribution in [3.05, 3.63) is 131 Å². The van der Waals surface area contributed by atoms with Gasteiger partial charge in [0.15, 0.2) is 6.29 Å². The molecule has 0 saturated carbocycles. The van der Waals surface area contributed by atoms with Crippen LogP contribution in [0.2, 0.25) is 0 Å². The van der Waals surface area contributed by atoms with E-state index in [4.69, 9.17) is 14.7 Å². The van der Waals surface area contributed by atoms with Gasteiger partial charge in [-0.2, -0.15) is 0 Å². The maximum atomic E-state index is 12.5. The molecule has 2 fully saturated rings. The van der Waals surface area contributed by atoms with Crippen molar-refractivity contribution in [3.8, 4) is 11.1 Å². The summed E-state index contributed by atoms with van der Waals surface area (Å²) in [6.07, 6.45) is 3.91. The number of hydroxylamine groups is 1. The Morgan fingerprint density at radius 3 is 2.06 bits per heavy atom. The van der Waals surface area contributed by atoms with Gasteiger partial charge in [0.1, 0.15) is 0 Å². The van der Waals surface area contributed by atoms with Crippen molar-refractivity contribution >= 4 is 11.8 Å². The molecule has 2 saturated heterocycles. The van der Waals surface area contributed by atoms with Crippen LogP contribution in [0.3, 0.4) is 0 Å². The third-order valence-corrected chi connectivity index (χ3v) is 10.4. The smallest absolute Gasteiger partial charge is 0.243 e. The second-order valence-electron chi connectivity index (χ2n) is 14.5. The van der Waals surface area contributed by atoms with Gasteiger partial charge in [-0.1, -0.05) is 104 Å². The zero-order valence-electron chi connectivity index (χ0n) is 31.1. The van der Waals surface area contributed by atoms with Crippen LogP contribution in [0.15, 0.2) is 103 Å². The molecule has 10 heteroatoms. The first-order valence-electron chi connectivity index (χ1n) is 19.3. The molecule has 0 spiro atoms. The zero-order chi connectivity index (χ0) is 37.5. The van der Waals surface area contributed by atoms with Crippen LogP contribution in [0.5, 0.6) is 0 Å². The average molecular weight is 735 g/mol. The number of unbranched alkanes of at least 4 members (excludes halogenated alkanes) is 3. The molecule has 2 aliphatic heterocycles. The summed E-state index contributed by atoms with van der Waals surface area (Å²) in [6.45, 7) is 6.29. The molecular formula is C44H54N4O6. The second-order valence-corrected chi connectivity index (χ2v) is 14.5. The Balaban J connectivity index is 1.07. The number of nitrogens with one attached hydrogen (secondary N) is 2. The Morgan fingerprint density at radius 1 is 0.667 bits per heavy atom. The predicted molar refractivity (Wildman–Crippen MR) is 208 cm³/mol. The molecule has 4 aromatic carbocycles. The summed E-state index contributed by atoms with van der Waals surface area (Å²) in [7, 11) is 0. The summed E-state index contributed by atoms with van der Waals surface area (Å²) < 4.78 is 13.4. The highest BCUT2D eigenvalue weighted by Crippen LogP contribution is 2.39. The topological polar surface area (TPSA) is 124 Å². The van der Waals surface area contributed by atoms with Crippen molar-refractivity contribution in [2.24, 2.45) is 0 Å². The molecule has 2 amide bonds. The van der Waals surface area contributed by atoms with Gasteiger partial charge in [-0.25, -0.2) is 5.48 Å². The summed E-state index contributed by atoms with van der Waals surface area (Å²) >= 11 is 0. The fraction of sp³-hybridized carbons (Fsp3) is 0.409. The molecule has 0 bridgehead atoms. The molecule has 2 heterocycles. The summed E-state index contributed by atoms with van der Waals surface area (Å²) in [6, 6.07) is 35.3. The molecule has 3 atom stereocenters. The third kappa shape index (κ3) is 11.8. The quantitative estimate of drug-likeness (QED) is 0.0539. The number of hydrogen-bond acceptors (Lipinski definition) is 8. The van der Waals surface area contributed by atoms with Crippen LogP contribution in [0.4, 0.5) is 0 Å². The van der Waals surface area contributed by atoms with Crippen molar-refractivity contribution < 1.29 is 29.4 Å². The Bertz CT molecular complexity index is 1760. The Labute approximate surface area is 319 Å². The van der Waals surface area contributed by atoms with Gasteiger partial charge in [-0.15, -0.1) is 0 Å². The van der Waals surface area contributed by atoms with Crippen LogP contribution >= 0.6 is 0 Å². The van der Waals surface area contributed by atoms with Crippen molar-refractivity contribution in [1.29, 1.82) is 0 Å². The van der Waals surface area contributed by atoms with Gasteiger partial charge >= 0.3 is 0 Å². The first-order valence-corrected chi connectivity index (χ1v) is 19.3. The van der Waals surface area contributed by atoms with Crippen LogP contribution in [0.1, 0.15) is 85.2 Å². The molecule has 0 aromatic heterocycles. The van der Waals surface area contributed by atoms with Gasteiger partial charge < -0.3 is 19.9 Å². The summed E-state index contributed by atoms with van der Waals surface area (Å²) in [4.78, 5) is 28.7. The molecule has 54 heavy (non-hydrogen) atoms. The third-order valence-electron chi connectivity index (χ3n) is 10.4. The van der Waals surface area contributed by atoms with Crippen molar-refractivity contribution in [2.45, 2.75) is 83.1 Å². The van der Waals surface area contributed by atoms with Crippen LogP contribution in [0, 0.1) is 0 Å². The van der Waals surface area contributed by atoms with E-state index in [2.05, 4.69) is 87.9 Å². The molecule has 2 aliphatic rings. The Hall–Kier alpha value is -4.42. The fourth-order valence-electron chi connectivity index (χ4n) is 7.29. The Kier molecular flexibility index (Phi) is 14.8. The van der Waals surface area contributed by atoms with Gasteiger partial charge in [0.05, 0.1) is 18.8 Å². The standard InChI is InChI=1S/C44H54N4O6/c49-32-34-18-20-36(21-19-34)41-28-40(31-48-24-22-47(23-25-48)30-33-10-4-3-5-11-33)53-44(54-41)39-15-9-14-38(27-39)37-13-8-12-35(26-37)29-45-42(50)16-6-1-2-7-17-43(51)46-52/h3-5,8-15,18-21,26-27,40-41,44,49,52H,1-2,6-7,16-17,22-25,28-32H2,(H,45,50)(H,46,51)/t40-,41+,44+/m0/s1. The number of aliphatic hydroxyl groups excluding tert-OH is 1. The minimum absolute atomic E-state index is 0.00581. The van der Waals surface area contributed by atoms with E-state index < -0.39 is 6.29 Å². The van der Waals surface area contributed by atoms with Gasteiger partial charge in [-0.05, 0) is 58.4 Å². The summed E-state index contributed by atoms with van der Waals surface area (Å²) in [5.41, 5.74) is 9.01. The van der Waals surface area contributed by atoms with E-state index in [1.54, 1.807) is 5.48 Å². The average Bonchev–Trinajstić information content (AvgIpc) is 3.22. The SMILES string of the molecule is O=C(CCCCCCC(=O)NCc1cccc(-c2cccc([C@@H]3O[C@H](CN4CCN(Cc5ccccc5)CC4)C[C@H](c4ccc(CO)cc4)O3)c2)c1)NO. The highest BCUT2D eigenvalue weighted by molar-refractivity contribution is 5.76. The van der Waals surface area contributed by atoms with Crippen molar-refractivity contribution in [1.82, 2.24) is 20.6 Å². The predicted octanol–water partition coefficient (Wildman–Crippen LogP) is 6.67.